The fraction of sp³-hybridized carbons (Fsp3) is 0.457. The minimum atomic E-state index is -1.27. The summed E-state index contributed by atoms with van der Waals surface area (Å²) in [4.78, 5) is 49.0. The second kappa shape index (κ2) is 12.5. The smallest absolute Gasteiger partial charge is 0.253 e. The first kappa shape index (κ1) is 31.9. The van der Waals surface area contributed by atoms with E-state index in [0.29, 0.717) is 42.2 Å². The van der Waals surface area contributed by atoms with Gasteiger partial charge in [-0.3, -0.25) is 14.4 Å². The van der Waals surface area contributed by atoms with Crippen LogP contribution in [0.1, 0.15) is 50.3 Å². The predicted octanol–water partition coefficient (Wildman–Crippen LogP) is 5.09. The van der Waals surface area contributed by atoms with E-state index in [-0.39, 0.29) is 24.3 Å². The van der Waals surface area contributed by atoms with Crippen LogP contribution in [0.15, 0.2) is 73.8 Å². The molecule has 234 valence electrons. The average Bonchev–Trinajstić information content (AvgIpc) is 3.57. The van der Waals surface area contributed by atoms with Gasteiger partial charge in [0, 0.05) is 19.6 Å². The zero-order valence-electron chi connectivity index (χ0n) is 25.7. The quantitative estimate of drug-likeness (QED) is 0.334. The minimum absolute atomic E-state index is 0.140. The van der Waals surface area contributed by atoms with Gasteiger partial charge in [-0.1, -0.05) is 73.1 Å². The minimum Gasteiger partial charge on any atom is -0.394 e. The molecule has 8 nitrogen and oxygen atoms in total. The van der Waals surface area contributed by atoms with Crippen molar-refractivity contribution in [1.82, 2.24) is 9.80 Å². The summed E-state index contributed by atoms with van der Waals surface area (Å²) >= 11 is 6.69. The van der Waals surface area contributed by atoms with Crippen molar-refractivity contribution in [2.24, 2.45) is 11.8 Å². The fourth-order valence-electron chi connectivity index (χ4n) is 7.83. The summed E-state index contributed by atoms with van der Waals surface area (Å²) in [5.74, 6) is -2.62. The molecule has 3 aliphatic heterocycles. The lowest BCUT2D eigenvalue weighted by atomic mass is 9.66. The Morgan fingerprint density at radius 3 is 2.43 bits per heavy atom. The van der Waals surface area contributed by atoms with Crippen molar-refractivity contribution >= 4 is 35.0 Å². The summed E-state index contributed by atoms with van der Waals surface area (Å²) in [5, 5.41) is 11.2. The standard InChI is InChI=1S/C35H42ClN3O5/c1-6-19-37(20-7-2)31(41)27-28-32(42)39(26(22-40)24-14-10-9-11-15-24)30(35(28)18-17-34(27,5)44-35)33(43)38(21-8-3)29-23(4)13-12-16-25(29)36/h6,8-16,26-28,30,40H,1,3,7,17-22H2,2,4-5H3/t26-,27-,28+,30?,34+,35?/m1/s1. The molecule has 3 fully saturated rings. The maximum atomic E-state index is 15.0. The summed E-state index contributed by atoms with van der Waals surface area (Å²) in [5.41, 5.74) is -0.204. The maximum absolute atomic E-state index is 15.0. The van der Waals surface area contributed by atoms with Gasteiger partial charge in [-0.25, -0.2) is 0 Å². The van der Waals surface area contributed by atoms with Crippen molar-refractivity contribution in [3.05, 3.63) is 90.0 Å². The van der Waals surface area contributed by atoms with Gasteiger partial charge in [-0.2, -0.15) is 0 Å². The number of hydrogen-bond donors (Lipinski definition) is 1. The fourth-order valence-corrected chi connectivity index (χ4v) is 8.16. The Labute approximate surface area is 264 Å². The molecule has 2 unspecified atom stereocenters. The van der Waals surface area contributed by atoms with Crippen LogP contribution in [-0.4, -0.2) is 76.1 Å². The van der Waals surface area contributed by atoms with Crippen molar-refractivity contribution in [2.45, 2.75) is 63.3 Å². The highest BCUT2D eigenvalue weighted by Gasteiger charge is 2.79. The third-order valence-corrected chi connectivity index (χ3v) is 9.90. The predicted molar refractivity (Wildman–Crippen MR) is 171 cm³/mol. The van der Waals surface area contributed by atoms with Crippen LogP contribution < -0.4 is 4.90 Å². The van der Waals surface area contributed by atoms with Gasteiger partial charge in [-0.05, 0) is 50.3 Å². The number of halogens is 1. The first-order valence-corrected chi connectivity index (χ1v) is 15.7. The molecule has 3 heterocycles. The van der Waals surface area contributed by atoms with Crippen LogP contribution in [0.4, 0.5) is 5.69 Å². The molecule has 0 aliphatic carbocycles. The van der Waals surface area contributed by atoms with E-state index in [1.807, 2.05) is 63.2 Å². The van der Waals surface area contributed by atoms with Crippen molar-refractivity contribution in [2.75, 3.05) is 31.1 Å². The number of para-hydroxylation sites is 1. The molecule has 2 aromatic carbocycles. The van der Waals surface area contributed by atoms with E-state index in [1.165, 1.54) is 4.90 Å². The molecule has 44 heavy (non-hydrogen) atoms. The van der Waals surface area contributed by atoms with Crippen LogP contribution in [0.2, 0.25) is 5.02 Å². The number of aliphatic hydroxyl groups excluding tert-OH is 1. The number of fused-ring (bicyclic) bond motifs is 1. The number of benzene rings is 2. The Balaban J connectivity index is 1.69. The van der Waals surface area contributed by atoms with E-state index in [0.717, 1.165) is 12.0 Å². The first-order chi connectivity index (χ1) is 21.1. The Bertz CT molecular complexity index is 1430. The van der Waals surface area contributed by atoms with Crippen LogP contribution in [0.25, 0.3) is 0 Å². The zero-order valence-corrected chi connectivity index (χ0v) is 26.5. The lowest BCUT2D eigenvalue weighted by Gasteiger charge is -2.40. The Morgan fingerprint density at radius 1 is 1.11 bits per heavy atom. The van der Waals surface area contributed by atoms with E-state index >= 15 is 4.79 Å². The highest BCUT2D eigenvalue weighted by atomic mass is 35.5. The molecule has 1 spiro atoms. The number of likely N-dealkylation sites (tertiary alicyclic amines) is 1. The molecule has 3 amide bonds. The SMILES string of the molecule is C=CCN(CCC)C(=O)[C@H]1[C@H]2C(=O)N([C@H](CO)c3ccccc3)C(C(=O)N(CC=C)c3c(C)cccc3Cl)C23CC[C@]1(C)O3. The van der Waals surface area contributed by atoms with E-state index in [1.54, 1.807) is 28.0 Å². The second-order valence-electron chi connectivity index (χ2n) is 12.3. The number of carbonyl (C=O) groups is 3. The van der Waals surface area contributed by atoms with Crippen molar-refractivity contribution in [3.8, 4) is 0 Å². The average molecular weight is 620 g/mol. The van der Waals surface area contributed by atoms with Gasteiger partial charge >= 0.3 is 0 Å². The Hall–Kier alpha value is -3.46. The lowest BCUT2D eigenvalue weighted by Crippen LogP contribution is -2.57. The molecule has 6 atom stereocenters. The van der Waals surface area contributed by atoms with Crippen LogP contribution in [-0.2, 0) is 19.1 Å². The number of aliphatic hydroxyl groups is 1. The molecule has 3 saturated heterocycles. The molecule has 0 saturated carbocycles. The van der Waals surface area contributed by atoms with E-state index < -0.39 is 41.7 Å². The molecular weight excluding hydrogens is 578 g/mol. The number of ether oxygens (including phenoxy) is 1. The molecule has 2 bridgehead atoms. The van der Waals surface area contributed by atoms with Gasteiger partial charge in [0.15, 0.2) is 0 Å². The first-order valence-electron chi connectivity index (χ1n) is 15.3. The topological polar surface area (TPSA) is 90.4 Å². The second-order valence-corrected chi connectivity index (χ2v) is 12.7. The molecule has 1 N–H and O–H groups in total. The number of rotatable bonds is 12. The summed E-state index contributed by atoms with van der Waals surface area (Å²) in [7, 11) is 0. The van der Waals surface area contributed by atoms with Gasteiger partial charge in [0.2, 0.25) is 11.8 Å². The van der Waals surface area contributed by atoms with Crippen LogP contribution in [0.5, 0.6) is 0 Å². The number of nitrogens with zero attached hydrogens (tertiary/aromatic N) is 3. The molecule has 3 aliphatic rings. The van der Waals surface area contributed by atoms with Crippen molar-refractivity contribution in [1.29, 1.82) is 0 Å². The van der Waals surface area contributed by atoms with Gasteiger partial charge in [-0.15, -0.1) is 13.2 Å². The van der Waals surface area contributed by atoms with Crippen LogP contribution >= 0.6 is 11.6 Å². The van der Waals surface area contributed by atoms with E-state index in [9.17, 15) is 14.7 Å². The van der Waals surface area contributed by atoms with Gasteiger partial charge in [0.25, 0.3) is 5.91 Å². The molecule has 2 aromatic rings. The molecule has 5 rings (SSSR count). The largest absolute Gasteiger partial charge is 0.394 e. The number of aryl methyl sites for hydroxylation is 1. The van der Waals surface area contributed by atoms with E-state index in [4.69, 9.17) is 16.3 Å². The van der Waals surface area contributed by atoms with E-state index in [2.05, 4.69) is 13.2 Å². The number of carbonyl (C=O) groups excluding carboxylic acids is 3. The zero-order chi connectivity index (χ0) is 31.8. The normalized spacial score (nSPS) is 27.6. The Kier molecular flexibility index (Phi) is 9.08. The molecule has 0 aromatic heterocycles. The summed E-state index contributed by atoms with van der Waals surface area (Å²) in [6, 6.07) is 12.6. The molecule has 9 heteroatoms. The highest BCUT2D eigenvalue weighted by Crippen LogP contribution is 2.64. The number of hydrogen-bond acceptors (Lipinski definition) is 5. The van der Waals surface area contributed by atoms with Crippen LogP contribution in [0.3, 0.4) is 0 Å². The number of anilines is 1. The van der Waals surface area contributed by atoms with Gasteiger partial charge < -0.3 is 24.5 Å². The van der Waals surface area contributed by atoms with Gasteiger partial charge in [0.05, 0.1) is 40.8 Å². The van der Waals surface area contributed by atoms with Crippen molar-refractivity contribution < 1.29 is 24.2 Å². The van der Waals surface area contributed by atoms with Crippen molar-refractivity contribution in [3.63, 3.8) is 0 Å². The number of amides is 3. The Morgan fingerprint density at radius 2 is 1.82 bits per heavy atom. The summed E-state index contributed by atoms with van der Waals surface area (Å²) < 4.78 is 6.88. The maximum Gasteiger partial charge on any atom is 0.253 e. The monoisotopic (exact) mass is 619 g/mol. The highest BCUT2D eigenvalue weighted by molar-refractivity contribution is 6.34. The summed E-state index contributed by atoms with van der Waals surface area (Å²) in [6.07, 6.45) is 4.99. The third kappa shape index (κ3) is 4.97. The molecule has 0 radical (unpaired) electrons. The molecular formula is C35H42ClN3O5. The lowest BCUT2D eigenvalue weighted by molar-refractivity contribution is -0.152. The summed E-state index contributed by atoms with van der Waals surface area (Å²) in [6.45, 7) is 14.1. The van der Waals surface area contributed by atoms with Gasteiger partial charge in [0.1, 0.15) is 11.6 Å². The van der Waals surface area contributed by atoms with Crippen LogP contribution in [0, 0.1) is 18.8 Å². The third-order valence-electron chi connectivity index (χ3n) is 9.60.